The van der Waals surface area contributed by atoms with E-state index in [0.717, 1.165) is 22.4 Å². The summed E-state index contributed by atoms with van der Waals surface area (Å²) in [5.41, 5.74) is 5.10. The van der Waals surface area contributed by atoms with Crippen LogP contribution in [-0.4, -0.2) is 19.2 Å². The smallest absolute Gasteiger partial charge is 0.246 e. The molecule has 1 saturated carbocycles. The van der Waals surface area contributed by atoms with Crippen LogP contribution in [0.3, 0.4) is 0 Å². The summed E-state index contributed by atoms with van der Waals surface area (Å²) in [6, 6.07) is 27.4. The Hall–Kier alpha value is -3.44. The number of rotatable bonds is 8. The van der Waals surface area contributed by atoms with E-state index in [0.29, 0.717) is 13.0 Å². The van der Waals surface area contributed by atoms with Gasteiger partial charge in [0.05, 0.1) is 12.1 Å². The molecule has 0 spiro atoms. The Bertz CT molecular complexity index is 1000. The molecule has 0 unspecified atom stereocenters. The van der Waals surface area contributed by atoms with E-state index in [1.54, 1.807) is 13.3 Å². The number of carbonyl (C=O) groups is 1. The van der Waals surface area contributed by atoms with Crippen LogP contribution in [0.25, 0.3) is 0 Å². The maximum Gasteiger partial charge on any atom is 0.246 e. The standard InChI is InChI=1S/C25H24N2O3/c1-29-25(21-10-6-3-7-11-21)16-23(25)24(28)27-26-17-19-12-14-22(15-13-19)30-18-20-8-4-2-5-9-20/h2-15,17,23H,16,18H2,1H3,(H,27,28)/b26-17-/t23-,25+/m1/s1. The van der Waals surface area contributed by atoms with E-state index in [-0.39, 0.29) is 11.8 Å². The van der Waals surface area contributed by atoms with Gasteiger partial charge in [0.2, 0.25) is 5.91 Å². The number of methoxy groups -OCH3 is 1. The second-order valence-electron chi connectivity index (χ2n) is 7.29. The van der Waals surface area contributed by atoms with Gasteiger partial charge in [0.1, 0.15) is 18.0 Å². The minimum absolute atomic E-state index is 0.139. The average Bonchev–Trinajstić information content (AvgIpc) is 3.56. The van der Waals surface area contributed by atoms with Crippen LogP contribution in [0.15, 0.2) is 90.0 Å². The summed E-state index contributed by atoms with van der Waals surface area (Å²) < 4.78 is 11.5. The number of nitrogens with zero attached hydrogens (tertiary/aromatic N) is 1. The summed E-state index contributed by atoms with van der Waals surface area (Å²) in [5, 5.41) is 4.10. The number of benzene rings is 3. The van der Waals surface area contributed by atoms with Crippen molar-refractivity contribution in [3.63, 3.8) is 0 Å². The number of hydrazone groups is 1. The SMILES string of the molecule is CO[C@]1(c2ccccc2)C[C@@H]1C(=O)N/N=C\c1ccc(OCc2ccccc2)cc1. The summed E-state index contributed by atoms with van der Waals surface area (Å²) in [6.45, 7) is 0.522. The van der Waals surface area contributed by atoms with E-state index in [2.05, 4.69) is 10.5 Å². The van der Waals surface area contributed by atoms with Crippen molar-refractivity contribution in [1.29, 1.82) is 0 Å². The highest BCUT2D eigenvalue weighted by Gasteiger charge is 2.60. The third kappa shape index (κ3) is 4.42. The molecule has 30 heavy (non-hydrogen) atoms. The van der Waals surface area contributed by atoms with Crippen LogP contribution < -0.4 is 10.2 Å². The van der Waals surface area contributed by atoms with Crippen molar-refractivity contribution in [3.05, 3.63) is 102 Å². The summed E-state index contributed by atoms with van der Waals surface area (Å²) in [6.07, 6.45) is 2.28. The maximum atomic E-state index is 12.5. The number of hydrogen-bond donors (Lipinski definition) is 1. The molecule has 0 saturated heterocycles. The Labute approximate surface area is 176 Å². The minimum Gasteiger partial charge on any atom is -0.489 e. The van der Waals surface area contributed by atoms with Gasteiger partial charge in [-0.05, 0) is 47.4 Å². The van der Waals surface area contributed by atoms with Gasteiger partial charge in [0.15, 0.2) is 0 Å². The van der Waals surface area contributed by atoms with Crippen LogP contribution in [0.5, 0.6) is 5.75 Å². The largest absolute Gasteiger partial charge is 0.489 e. The summed E-state index contributed by atoms with van der Waals surface area (Å²) in [7, 11) is 1.64. The molecule has 0 heterocycles. The van der Waals surface area contributed by atoms with E-state index < -0.39 is 5.60 Å². The minimum atomic E-state index is -0.543. The highest BCUT2D eigenvalue weighted by Crippen LogP contribution is 2.54. The normalized spacial score (nSPS) is 20.1. The Balaban J connectivity index is 1.29. The topological polar surface area (TPSA) is 59.9 Å². The van der Waals surface area contributed by atoms with Crippen molar-refractivity contribution >= 4 is 12.1 Å². The third-order valence-electron chi connectivity index (χ3n) is 5.37. The number of ether oxygens (including phenoxy) is 2. The van der Waals surface area contributed by atoms with E-state index in [4.69, 9.17) is 9.47 Å². The van der Waals surface area contributed by atoms with Crippen LogP contribution in [0.4, 0.5) is 0 Å². The Morgan fingerprint density at radius 1 is 1.03 bits per heavy atom. The van der Waals surface area contributed by atoms with Crippen molar-refractivity contribution < 1.29 is 14.3 Å². The summed E-state index contributed by atoms with van der Waals surface area (Å²) >= 11 is 0. The molecule has 0 aliphatic heterocycles. The van der Waals surface area contributed by atoms with Crippen molar-refractivity contribution in [2.75, 3.05) is 7.11 Å². The van der Waals surface area contributed by atoms with Gasteiger partial charge in [-0.2, -0.15) is 5.10 Å². The predicted molar refractivity (Wildman–Crippen MR) is 116 cm³/mol. The van der Waals surface area contributed by atoms with E-state index in [1.165, 1.54) is 0 Å². The van der Waals surface area contributed by atoms with Gasteiger partial charge in [0.25, 0.3) is 0 Å². The average molecular weight is 400 g/mol. The molecule has 152 valence electrons. The molecule has 1 amide bonds. The van der Waals surface area contributed by atoms with Gasteiger partial charge >= 0.3 is 0 Å². The lowest BCUT2D eigenvalue weighted by molar-refractivity contribution is -0.124. The molecule has 5 heteroatoms. The van der Waals surface area contributed by atoms with Gasteiger partial charge in [-0.1, -0.05) is 60.7 Å². The Morgan fingerprint density at radius 2 is 1.70 bits per heavy atom. The monoisotopic (exact) mass is 400 g/mol. The number of nitrogens with one attached hydrogen (secondary N) is 1. The first-order valence-electron chi connectivity index (χ1n) is 9.92. The number of amides is 1. The van der Waals surface area contributed by atoms with Crippen LogP contribution in [0.2, 0.25) is 0 Å². The highest BCUT2D eigenvalue weighted by molar-refractivity contribution is 5.86. The van der Waals surface area contributed by atoms with Gasteiger partial charge < -0.3 is 9.47 Å². The lowest BCUT2D eigenvalue weighted by Crippen LogP contribution is -2.25. The van der Waals surface area contributed by atoms with Crippen molar-refractivity contribution in [1.82, 2.24) is 5.43 Å². The first-order chi connectivity index (χ1) is 14.7. The maximum absolute atomic E-state index is 12.5. The zero-order valence-electron chi connectivity index (χ0n) is 16.8. The lowest BCUT2D eigenvalue weighted by atomic mass is 10.1. The molecule has 0 bridgehead atoms. The molecule has 1 aliphatic rings. The fourth-order valence-corrected chi connectivity index (χ4v) is 3.57. The molecule has 1 N–H and O–H groups in total. The van der Waals surface area contributed by atoms with Crippen molar-refractivity contribution in [3.8, 4) is 5.75 Å². The number of carbonyl (C=O) groups excluding carboxylic acids is 1. The van der Waals surface area contributed by atoms with E-state index >= 15 is 0 Å². The van der Waals surface area contributed by atoms with E-state index in [9.17, 15) is 4.79 Å². The molecule has 4 rings (SSSR count). The fraction of sp³-hybridized carbons (Fsp3) is 0.200. The third-order valence-corrected chi connectivity index (χ3v) is 5.37. The van der Waals surface area contributed by atoms with Crippen LogP contribution in [0.1, 0.15) is 23.1 Å². The Kier molecular flexibility index (Phi) is 5.91. The predicted octanol–water partition coefficient (Wildman–Crippen LogP) is 4.28. The van der Waals surface area contributed by atoms with Crippen LogP contribution in [-0.2, 0) is 21.7 Å². The highest BCUT2D eigenvalue weighted by atomic mass is 16.5. The second-order valence-corrected chi connectivity index (χ2v) is 7.29. The molecule has 3 aromatic carbocycles. The molecule has 5 nitrogen and oxygen atoms in total. The molecule has 1 aliphatic carbocycles. The molecule has 0 radical (unpaired) electrons. The molecule has 0 aromatic heterocycles. The second kappa shape index (κ2) is 8.93. The van der Waals surface area contributed by atoms with Gasteiger partial charge in [-0.3, -0.25) is 4.79 Å². The molecule has 3 aromatic rings. The van der Waals surface area contributed by atoms with Gasteiger partial charge in [-0.25, -0.2) is 5.43 Å². The first-order valence-corrected chi connectivity index (χ1v) is 9.92. The molecule has 1 fully saturated rings. The van der Waals surface area contributed by atoms with Crippen LogP contribution in [0, 0.1) is 5.92 Å². The van der Waals surface area contributed by atoms with E-state index in [1.807, 2.05) is 84.9 Å². The Morgan fingerprint density at radius 3 is 2.37 bits per heavy atom. The van der Waals surface area contributed by atoms with Crippen molar-refractivity contribution in [2.45, 2.75) is 18.6 Å². The number of hydrogen-bond acceptors (Lipinski definition) is 4. The molecular weight excluding hydrogens is 376 g/mol. The quantitative estimate of drug-likeness (QED) is 0.454. The van der Waals surface area contributed by atoms with Crippen molar-refractivity contribution in [2.24, 2.45) is 11.0 Å². The zero-order chi connectivity index (χ0) is 20.8. The molecule has 2 atom stereocenters. The van der Waals surface area contributed by atoms with Gasteiger partial charge in [0, 0.05) is 7.11 Å². The molecular formula is C25H24N2O3. The first kappa shape index (κ1) is 19.9. The zero-order valence-corrected chi connectivity index (χ0v) is 16.8. The summed E-state index contributed by atoms with van der Waals surface area (Å²) in [4.78, 5) is 12.5. The fourth-order valence-electron chi connectivity index (χ4n) is 3.57. The van der Waals surface area contributed by atoms with Gasteiger partial charge in [-0.15, -0.1) is 0 Å². The summed E-state index contributed by atoms with van der Waals surface area (Å²) in [5.74, 6) is 0.404. The van der Waals surface area contributed by atoms with Crippen LogP contribution >= 0.6 is 0 Å². The lowest BCUT2D eigenvalue weighted by Gasteiger charge is -2.15.